The van der Waals surface area contributed by atoms with Gasteiger partial charge in [-0.15, -0.1) is 0 Å². The fraction of sp³-hybridized carbons (Fsp3) is 0.333. The summed E-state index contributed by atoms with van der Waals surface area (Å²) in [5.74, 6) is 0.241. The molecule has 1 atom stereocenters. The lowest BCUT2D eigenvalue weighted by molar-refractivity contribution is 0.0943. The molecule has 0 saturated heterocycles. The fourth-order valence-electron chi connectivity index (χ4n) is 1.74. The van der Waals surface area contributed by atoms with Gasteiger partial charge in [0.2, 0.25) is 0 Å². The lowest BCUT2D eigenvalue weighted by atomic mass is 10.1. The van der Waals surface area contributed by atoms with Crippen LogP contribution in [0.3, 0.4) is 0 Å². The molecule has 6 heteroatoms. The van der Waals surface area contributed by atoms with E-state index in [1.54, 1.807) is 6.07 Å². The van der Waals surface area contributed by atoms with E-state index < -0.39 is 0 Å². The molecule has 0 spiro atoms. The van der Waals surface area contributed by atoms with E-state index >= 15 is 0 Å². The van der Waals surface area contributed by atoms with Crippen LogP contribution in [0.25, 0.3) is 0 Å². The van der Waals surface area contributed by atoms with Crippen LogP contribution in [0.1, 0.15) is 23.2 Å². The van der Waals surface area contributed by atoms with Crippen molar-refractivity contribution in [3.05, 3.63) is 32.7 Å². The van der Waals surface area contributed by atoms with Gasteiger partial charge in [-0.3, -0.25) is 4.79 Å². The molecule has 0 heterocycles. The van der Waals surface area contributed by atoms with E-state index in [9.17, 15) is 4.79 Å². The van der Waals surface area contributed by atoms with E-state index in [1.165, 1.54) is 0 Å². The van der Waals surface area contributed by atoms with E-state index in [1.807, 2.05) is 12.1 Å². The molecule has 1 aromatic rings. The minimum Gasteiger partial charge on any atom is -0.392 e. The van der Waals surface area contributed by atoms with Gasteiger partial charge in [0.1, 0.15) is 0 Å². The highest BCUT2D eigenvalue weighted by molar-refractivity contribution is 9.11. The van der Waals surface area contributed by atoms with Crippen LogP contribution in [-0.4, -0.2) is 16.9 Å². The first-order valence-corrected chi connectivity index (χ1v) is 7.53. The summed E-state index contributed by atoms with van der Waals surface area (Å²) in [7, 11) is 0. The second kappa shape index (κ2) is 5.67. The molecule has 3 nitrogen and oxygen atoms in total. The third kappa shape index (κ3) is 3.30. The Bertz CT molecular complexity index is 503. The predicted molar refractivity (Wildman–Crippen MR) is 82.6 cm³/mol. The Morgan fingerprint density at radius 2 is 2.11 bits per heavy atom. The Morgan fingerprint density at radius 1 is 1.44 bits per heavy atom. The third-order valence-corrected chi connectivity index (χ3v) is 4.30. The van der Waals surface area contributed by atoms with Gasteiger partial charge in [-0.1, -0.05) is 28.1 Å². The summed E-state index contributed by atoms with van der Waals surface area (Å²) in [5, 5.41) is 2.91. The number of amides is 1. The highest BCUT2D eigenvalue weighted by Gasteiger charge is 2.34. The second-order valence-corrected chi connectivity index (χ2v) is 6.56. The van der Waals surface area contributed by atoms with Crippen LogP contribution in [0.4, 0.5) is 0 Å². The lowest BCUT2D eigenvalue weighted by Gasteiger charge is -2.17. The summed E-state index contributed by atoms with van der Waals surface area (Å²) in [6, 6.07) is 5.26. The molecule has 1 aromatic carbocycles. The number of hydrogen-bond acceptors (Lipinski definition) is 2. The van der Waals surface area contributed by atoms with Gasteiger partial charge < -0.3 is 11.1 Å². The average Bonchev–Trinajstić information content (AvgIpc) is 3.12. The van der Waals surface area contributed by atoms with Crippen molar-refractivity contribution in [1.82, 2.24) is 5.32 Å². The monoisotopic (exact) mass is 390 g/mol. The van der Waals surface area contributed by atoms with Crippen LogP contribution in [0.2, 0.25) is 0 Å². The number of halogens is 2. The molecule has 1 saturated carbocycles. The van der Waals surface area contributed by atoms with Crippen LogP contribution in [-0.2, 0) is 0 Å². The van der Waals surface area contributed by atoms with Crippen LogP contribution in [0.5, 0.6) is 0 Å². The maximum atomic E-state index is 12.2. The van der Waals surface area contributed by atoms with Crippen molar-refractivity contribution in [1.29, 1.82) is 0 Å². The molecule has 1 aliphatic rings. The fourth-order valence-corrected chi connectivity index (χ4v) is 2.78. The molecular formula is C12H12Br2N2OS. The molecule has 1 amide bonds. The van der Waals surface area contributed by atoms with Crippen molar-refractivity contribution in [3.8, 4) is 0 Å². The van der Waals surface area contributed by atoms with Gasteiger partial charge >= 0.3 is 0 Å². The summed E-state index contributed by atoms with van der Waals surface area (Å²) in [4.78, 5) is 12.5. The molecular weight excluding hydrogens is 380 g/mol. The van der Waals surface area contributed by atoms with Crippen LogP contribution in [0.15, 0.2) is 27.1 Å². The zero-order valence-corrected chi connectivity index (χ0v) is 13.4. The molecule has 18 heavy (non-hydrogen) atoms. The summed E-state index contributed by atoms with van der Waals surface area (Å²) in [6.45, 7) is 0. The van der Waals surface area contributed by atoms with Crippen LogP contribution in [0, 0.1) is 5.92 Å². The number of nitrogens with one attached hydrogen (secondary N) is 1. The van der Waals surface area contributed by atoms with Gasteiger partial charge in [-0.2, -0.15) is 0 Å². The van der Waals surface area contributed by atoms with Gasteiger partial charge in [-0.25, -0.2) is 0 Å². The molecule has 0 bridgehead atoms. The Morgan fingerprint density at radius 3 is 2.67 bits per heavy atom. The van der Waals surface area contributed by atoms with Gasteiger partial charge in [0.15, 0.2) is 0 Å². The van der Waals surface area contributed by atoms with Crippen LogP contribution >= 0.6 is 44.1 Å². The molecule has 0 radical (unpaired) electrons. The summed E-state index contributed by atoms with van der Waals surface area (Å²) >= 11 is 11.7. The van der Waals surface area contributed by atoms with E-state index in [-0.39, 0.29) is 11.9 Å². The molecule has 2 rings (SSSR count). The topological polar surface area (TPSA) is 55.1 Å². The highest BCUT2D eigenvalue weighted by Crippen LogP contribution is 2.33. The van der Waals surface area contributed by atoms with E-state index in [0.717, 1.165) is 21.8 Å². The minimum absolute atomic E-state index is 0.159. The predicted octanol–water partition coefficient (Wildman–Crippen LogP) is 3.01. The van der Waals surface area contributed by atoms with Crippen LogP contribution < -0.4 is 11.1 Å². The average molecular weight is 392 g/mol. The Hall–Kier alpha value is -0.460. The minimum atomic E-state index is -0.196. The third-order valence-electron chi connectivity index (χ3n) is 2.86. The van der Waals surface area contributed by atoms with Crippen molar-refractivity contribution in [2.24, 2.45) is 11.7 Å². The van der Waals surface area contributed by atoms with Gasteiger partial charge in [0.05, 0.1) is 16.6 Å². The normalized spacial score (nSPS) is 16.1. The van der Waals surface area contributed by atoms with E-state index in [4.69, 9.17) is 18.0 Å². The first-order valence-electron chi connectivity index (χ1n) is 5.54. The smallest absolute Gasteiger partial charge is 0.253 e. The van der Waals surface area contributed by atoms with E-state index in [2.05, 4.69) is 37.2 Å². The Kier molecular flexibility index (Phi) is 4.40. The quantitative estimate of drug-likeness (QED) is 0.775. The van der Waals surface area contributed by atoms with Crippen molar-refractivity contribution in [2.45, 2.75) is 18.9 Å². The lowest BCUT2D eigenvalue weighted by Crippen LogP contribution is -2.45. The number of nitrogens with two attached hydrogens (primary N) is 1. The van der Waals surface area contributed by atoms with Gasteiger partial charge in [0, 0.05) is 8.95 Å². The molecule has 1 fully saturated rings. The first kappa shape index (κ1) is 14.0. The van der Waals surface area contributed by atoms with Crippen molar-refractivity contribution < 1.29 is 4.79 Å². The van der Waals surface area contributed by atoms with Gasteiger partial charge in [-0.05, 0) is 52.9 Å². The molecule has 3 N–H and O–H groups in total. The summed E-state index contributed by atoms with van der Waals surface area (Å²) in [5.41, 5.74) is 6.24. The Labute approximate surface area is 128 Å². The SMILES string of the molecule is NC(=S)C(NC(=O)c1cc(Br)ccc1Br)C1CC1. The summed E-state index contributed by atoms with van der Waals surface area (Å²) in [6.07, 6.45) is 2.14. The number of carbonyl (C=O) groups excluding carboxylic acids is 1. The summed E-state index contributed by atoms with van der Waals surface area (Å²) < 4.78 is 1.61. The molecule has 1 unspecified atom stereocenters. The molecule has 1 aliphatic carbocycles. The first-order chi connectivity index (χ1) is 8.49. The van der Waals surface area contributed by atoms with Crippen molar-refractivity contribution in [3.63, 3.8) is 0 Å². The van der Waals surface area contributed by atoms with Gasteiger partial charge in [0.25, 0.3) is 5.91 Å². The standard InChI is InChI=1S/C12H12Br2N2OS/c13-7-3-4-9(14)8(5-7)12(17)16-10(11(15)18)6-1-2-6/h3-6,10H,1-2H2,(H2,15,18)(H,16,17). The number of hydrogen-bond donors (Lipinski definition) is 2. The maximum Gasteiger partial charge on any atom is 0.253 e. The molecule has 0 aliphatic heterocycles. The van der Waals surface area contributed by atoms with Crippen molar-refractivity contribution >= 4 is 55.0 Å². The number of rotatable bonds is 4. The molecule has 0 aromatic heterocycles. The number of thiocarbonyl (C=S) groups is 1. The molecule has 96 valence electrons. The maximum absolute atomic E-state index is 12.2. The van der Waals surface area contributed by atoms with Crippen molar-refractivity contribution in [2.75, 3.05) is 0 Å². The van der Waals surface area contributed by atoms with E-state index in [0.29, 0.717) is 16.5 Å². The zero-order chi connectivity index (χ0) is 13.3. The number of benzene rings is 1. The number of carbonyl (C=O) groups is 1. The second-order valence-electron chi connectivity index (χ2n) is 4.32. The highest BCUT2D eigenvalue weighted by atomic mass is 79.9. The zero-order valence-electron chi connectivity index (χ0n) is 9.45. The Balaban J connectivity index is 2.15. The largest absolute Gasteiger partial charge is 0.392 e.